The fraction of sp³-hybridized carbons (Fsp3) is 0.467. The third-order valence-electron chi connectivity index (χ3n) is 3.82. The van der Waals surface area contributed by atoms with Gasteiger partial charge in [0.1, 0.15) is 0 Å². The largest absolute Gasteiger partial charge is 0.216 e. The molecule has 0 aliphatic heterocycles. The van der Waals surface area contributed by atoms with E-state index in [2.05, 4.69) is 0 Å². The van der Waals surface area contributed by atoms with Crippen LogP contribution in [0.5, 0.6) is 0 Å². The van der Waals surface area contributed by atoms with Crippen molar-refractivity contribution >= 4 is 0 Å². The van der Waals surface area contributed by atoms with Gasteiger partial charge in [-0.3, -0.25) is 0 Å². The molecule has 1 aromatic carbocycles. The van der Waals surface area contributed by atoms with E-state index in [4.69, 9.17) is 0 Å². The molecular formula is C15H17F3. The lowest BCUT2D eigenvalue weighted by Crippen LogP contribution is -2.13. The molecule has 1 fully saturated rings. The van der Waals surface area contributed by atoms with E-state index in [0.29, 0.717) is 18.2 Å². The second-order valence-corrected chi connectivity index (χ2v) is 4.99. The maximum atomic E-state index is 13.2. The van der Waals surface area contributed by atoms with Crippen molar-refractivity contribution in [3.8, 4) is 0 Å². The Morgan fingerprint density at radius 1 is 1.06 bits per heavy atom. The second-order valence-electron chi connectivity index (χ2n) is 4.99. The summed E-state index contributed by atoms with van der Waals surface area (Å²) in [6, 6.07) is 4.18. The molecule has 0 radical (unpaired) electrons. The summed E-state index contributed by atoms with van der Waals surface area (Å²) >= 11 is 0. The first-order chi connectivity index (χ1) is 8.70. The minimum absolute atomic E-state index is 0.311. The van der Waals surface area contributed by atoms with Crippen molar-refractivity contribution in [2.24, 2.45) is 5.92 Å². The fourth-order valence-electron chi connectivity index (χ4n) is 2.74. The summed E-state index contributed by atoms with van der Waals surface area (Å²) < 4.78 is 37.9. The highest BCUT2D eigenvalue weighted by Gasteiger charge is 2.22. The van der Waals surface area contributed by atoms with Crippen LogP contribution in [0, 0.1) is 17.6 Å². The van der Waals surface area contributed by atoms with Crippen LogP contribution in [0.3, 0.4) is 0 Å². The molecule has 0 N–H and O–H groups in total. The predicted molar refractivity (Wildman–Crippen MR) is 65.9 cm³/mol. The summed E-state index contributed by atoms with van der Waals surface area (Å²) in [7, 11) is 0. The Morgan fingerprint density at radius 2 is 1.78 bits per heavy atom. The van der Waals surface area contributed by atoms with Crippen molar-refractivity contribution < 1.29 is 13.2 Å². The van der Waals surface area contributed by atoms with E-state index in [0.717, 1.165) is 37.7 Å². The van der Waals surface area contributed by atoms with Gasteiger partial charge < -0.3 is 0 Å². The molecular weight excluding hydrogens is 237 g/mol. The van der Waals surface area contributed by atoms with Crippen molar-refractivity contribution in [2.45, 2.75) is 38.0 Å². The zero-order valence-electron chi connectivity index (χ0n) is 10.2. The van der Waals surface area contributed by atoms with Gasteiger partial charge in [0.05, 0.1) is 6.33 Å². The van der Waals surface area contributed by atoms with Crippen molar-refractivity contribution in [1.29, 1.82) is 0 Å². The maximum absolute atomic E-state index is 13.2. The summed E-state index contributed by atoms with van der Waals surface area (Å²) in [4.78, 5) is 0. The summed E-state index contributed by atoms with van der Waals surface area (Å²) in [5.41, 5.74) is 0.883. The number of halogens is 3. The first-order valence-corrected chi connectivity index (χ1v) is 6.41. The van der Waals surface area contributed by atoms with Gasteiger partial charge in [-0.1, -0.05) is 12.1 Å². The first-order valence-electron chi connectivity index (χ1n) is 6.41. The van der Waals surface area contributed by atoms with Crippen molar-refractivity contribution in [2.75, 3.05) is 0 Å². The molecule has 1 aliphatic rings. The van der Waals surface area contributed by atoms with E-state index in [1.54, 1.807) is 12.1 Å². The summed E-state index contributed by atoms with van der Waals surface area (Å²) in [5.74, 6) is -0.722. The zero-order chi connectivity index (χ0) is 13.0. The van der Waals surface area contributed by atoms with Crippen LogP contribution in [0.25, 0.3) is 0 Å². The zero-order valence-corrected chi connectivity index (χ0v) is 10.2. The monoisotopic (exact) mass is 254 g/mol. The van der Waals surface area contributed by atoms with Gasteiger partial charge in [0.25, 0.3) is 0 Å². The van der Waals surface area contributed by atoms with Gasteiger partial charge in [0.15, 0.2) is 11.6 Å². The van der Waals surface area contributed by atoms with Gasteiger partial charge >= 0.3 is 0 Å². The molecule has 0 spiro atoms. The lowest BCUT2D eigenvalue weighted by molar-refractivity contribution is 0.327. The van der Waals surface area contributed by atoms with Crippen LogP contribution in [-0.4, -0.2) is 0 Å². The van der Waals surface area contributed by atoms with Crippen molar-refractivity contribution in [1.82, 2.24) is 0 Å². The number of rotatable bonds is 3. The second kappa shape index (κ2) is 6.07. The highest BCUT2D eigenvalue weighted by Crippen LogP contribution is 2.37. The Hall–Kier alpha value is -1.25. The number of benzene rings is 1. The van der Waals surface area contributed by atoms with Crippen molar-refractivity contribution in [3.63, 3.8) is 0 Å². The van der Waals surface area contributed by atoms with Gasteiger partial charge in [-0.25, -0.2) is 13.2 Å². The van der Waals surface area contributed by atoms with E-state index in [1.165, 1.54) is 12.1 Å². The topological polar surface area (TPSA) is 0 Å². The van der Waals surface area contributed by atoms with Crippen LogP contribution in [0.4, 0.5) is 13.2 Å². The molecule has 2 rings (SSSR count). The van der Waals surface area contributed by atoms with Crippen LogP contribution in [0.1, 0.15) is 43.6 Å². The van der Waals surface area contributed by atoms with E-state index in [1.807, 2.05) is 0 Å². The molecule has 0 amide bonds. The molecule has 18 heavy (non-hydrogen) atoms. The molecule has 1 aromatic rings. The molecule has 1 saturated carbocycles. The van der Waals surface area contributed by atoms with Crippen molar-refractivity contribution in [3.05, 3.63) is 47.8 Å². The molecule has 1 aliphatic carbocycles. The van der Waals surface area contributed by atoms with Gasteiger partial charge in [-0.15, -0.1) is 0 Å². The molecule has 98 valence electrons. The quantitative estimate of drug-likeness (QED) is 0.703. The predicted octanol–water partition coefficient (Wildman–Crippen LogP) is 5.11. The Kier molecular flexibility index (Phi) is 4.45. The van der Waals surface area contributed by atoms with Gasteiger partial charge in [-0.05, 0) is 61.6 Å². The lowest BCUT2D eigenvalue weighted by atomic mass is 9.77. The minimum Gasteiger partial charge on any atom is -0.216 e. The smallest absolute Gasteiger partial charge is 0.159 e. The van der Waals surface area contributed by atoms with Gasteiger partial charge in [0.2, 0.25) is 0 Å². The number of allylic oxidation sites excluding steroid dienone is 1. The molecule has 0 nitrogen and oxygen atoms in total. The third-order valence-corrected chi connectivity index (χ3v) is 3.82. The third kappa shape index (κ3) is 3.15. The molecule has 0 bridgehead atoms. The molecule has 0 saturated heterocycles. The average Bonchev–Trinajstić information content (AvgIpc) is 2.40. The molecule has 0 unspecified atom stereocenters. The van der Waals surface area contributed by atoms with E-state index >= 15 is 0 Å². The normalized spacial score (nSPS) is 24.6. The Bertz CT molecular complexity index is 418. The van der Waals surface area contributed by atoms with Gasteiger partial charge in [-0.2, -0.15) is 0 Å². The van der Waals surface area contributed by atoms with Crippen LogP contribution in [-0.2, 0) is 0 Å². The van der Waals surface area contributed by atoms with Gasteiger partial charge in [0, 0.05) is 0 Å². The van der Waals surface area contributed by atoms with Crippen LogP contribution < -0.4 is 0 Å². The Morgan fingerprint density at radius 3 is 2.39 bits per heavy atom. The SMILES string of the molecule is F/C=C/C[C@H]1CC[C@H](c2ccc(F)c(F)c2)CC1. The Balaban J connectivity index is 1.94. The fourth-order valence-corrected chi connectivity index (χ4v) is 2.74. The summed E-state index contributed by atoms with van der Waals surface area (Å²) in [6.07, 6.45) is 6.92. The van der Waals surface area contributed by atoms with Crippen LogP contribution >= 0.6 is 0 Å². The van der Waals surface area contributed by atoms with Crippen LogP contribution in [0.15, 0.2) is 30.6 Å². The molecule has 0 heterocycles. The molecule has 0 atom stereocenters. The highest BCUT2D eigenvalue weighted by molar-refractivity contribution is 5.22. The summed E-state index contributed by atoms with van der Waals surface area (Å²) in [6.45, 7) is 0. The Labute approximate surface area is 106 Å². The number of hydrogen-bond donors (Lipinski definition) is 0. The van der Waals surface area contributed by atoms with E-state index < -0.39 is 11.6 Å². The van der Waals surface area contributed by atoms with E-state index in [9.17, 15) is 13.2 Å². The highest BCUT2D eigenvalue weighted by atomic mass is 19.2. The maximum Gasteiger partial charge on any atom is 0.159 e. The van der Waals surface area contributed by atoms with E-state index in [-0.39, 0.29) is 0 Å². The standard InChI is InChI=1S/C15H17F3/c16-9-1-2-11-3-5-12(6-4-11)13-7-8-14(17)15(18)10-13/h1,7-12H,2-6H2/b9-1+/t11-,12-. The summed E-state index contributed by atoms with van der Waals surface area (Å²) in [5, 5.41) is 0. The first kappa shape index (κ1) is 13.2. The minimum atomic E-state index is -0.791. The number of hydrogen-bond acceptors (Lipinski definition) is 0. The average molecular weight is 254 g/mol. The molecule has 3 heteroatoms. The molecule has 0 aromatic heterocycles. The van der Waals surface area contributed by atoms with Crippen LogP contribution in [0.2, 0.25) is 0 Å². The lowest BCUT2D eigenvalue weighted by Gasteiger charge is -2.28.